The first-order valence-electron chi connectivity index (χ1n) is 5.68. The molecule has 18 heavy (non-hydrogen) atoms. The summed E-state index contributed by atoms with van der Waals surface area (Å²) in [5.41, 5.74) is 8.06. The maximum Gasteiger partial charge on any atom is 0.148 e. The van der Waals surface area contributed by atoms with Crippen molar-refractivity contribution in [2.24, 2.45) is 5.73 Å². The summed E-state index contributed by atoms with van der Waals surface area (Å²) in [6, 6.07) is 9.69. The van der Waals surface area contributed by atoms with Gasteiger partial charge in [-0.05, 0) is 46.1 Å². The van der Waals surface area contributed by atoms with E-state index < -0.39 is 0 Å². The topological polar surface area (TPSA) is 52.3 Å². The Morgan fingerprint density at radius 2 is 2.17 bits per heavy atom. The monoisotopic (exact) mass is 305 g/mol. The number of nitrogens with two attached hydrogens (primary N) is 1. The minimum atomic E-state index is -0.165. The van der Waals surface area contributed by atoms with Gasteiger partial charge in [0.1, 0.15) is 11.3 Å². The van der Waals surface area contributed by atoms with Crippen molar-refractivity contribution in [3.8, 4) is 0 Å². The zero-order valence-corrected chi connectivity index (χ0v) is 11.2. The molecule has 1 aromatic carbocycles. The van der Waals surface area contributed by atoms with Crippen molar-refractivity contribution in [1.29, 1.82) is 0 Å². The first-order valence-corrected chi connectivity index (χ1v) is 6.48. The van der Waals surface area contributed by atoms with Gasteiger partial charge in [-0.15, -0.1) is 0 Å². The van der Waals surface area contributed by atoms with Crippen LogP contribution < -0.4 is 5.73 Å². The van der Waals surface area contributed by atoms with E-state index in [-0.39, 0.29) is 6.04 Å². The van der Waals surface area contributed by atoms with Crippen LogP contribution in [0.25, 0.3) is 11.0 Å². The fourth-order valence-electron chi connectivity index (χ4n) is 1.99. The van der Waals surface area contributed by atoms with Crippen molar-refractivity contribution in [3.63, 3.8) is 0 Å². The van der Waals surface area contributed by atoms with E-state index in [0.29, 0.717) is 6.42 Å². The van der Waals surface area contributed by atoms with Crippen molar-refractivity contribution in [2.75, 3.05) is 0 Å². The molecular weight excluding hydrogens is 294 g/mol. The van der Waals surface area contributed by atoms with Crippen LogP contribution in [0.5, 0.6) is 0 Å². The number of para-hydroxylation sites is 1. The zero-order chi connectivity index (χ0) is 12.5. The van der Waals surface area contributed by atoms with Gasteiger partial charge in [0.05, 0.1) is 23.0 Å². The van der Waals surface area contributed by atoms with Crippen molar-refractivity contribution in [2.45, 2.75) is 12.5 Å². The molecule has 2 N–H and O–H groups in total. The Balaban J connectivity index is 1.92. The van der Waals surface area contributed by atoms with Gasteiger partial charge < -0.3 is 14.6 Å². The van der Waals surface area contributed by atoms with Crippen LogP contribution in [-0.2, 0) is 6.42 Å². The third kappa shape index (κ3) is 2.09. The average molecular weight is 306 g/mol. The highest BCUT2D eigenvalue weighted by Crippen LogP contribution is 2.30. The van der Waals surface area contributed by atoms with E-state index in [1.54, 1.807) is 12.5 Å². The van der Waals surface area contributed by atoms with Crippen molar-refractivity contribution >= 4 is 26.9 Å². The van der Waals surface area contributed by atoms with Gasteiger partial charge in [0, 0.05) is 5.39 Å². The van der Waals surface area contributed by atoms with Crippen molar-refractivity contribution < 1.29 is 8.83 Å². The number of hydrogen-bond donors (Lipinski definition) is 1. The molecule has 0 radical (unpaired) electrons. The van der Waals surface area contributed by atoms with Crippen molar-refractivity contribution in [1.82, 2.24) is 0 Å². The van der Waals surface area contributed by atoms with E-state index in [1.807, 2.05) is 30.3 Å². The van der Waals surface area contributed by atoms with Crippen LogP contribution in [-0.4, -0.2) is 0 Å². The molecule has 0 fully saturated rings. The molecule has 2 aromatic heterocycles. The van der Waals surface area contributed by atoms with E-state index in [4.69, 9.17) is 14.6 Å². The molecule has 0 aliphatic rings. The Kier molecular flexibility index (Phi) is 2.97. The first-order chi connectivity index (χ1) is 8.74. The largest absolute Gasteiger partial charge is 0.472 e. The SMILES string of the molecule is NC(Cc1ccoc1)c1cc2cccc(Br)c2o1. The Hall–Kier alpha value is -1.52. The molecular formula is C14H12BrNO2. The molecule has 2 heterocycles. The maximum absolute atomic E-state index is 6.15. The summed E-state index contributed by atoms with van der Waals surface area (Å²) in [4.78, 5) is 0. The molecule has 0 bridgehead atoms. The number of halogens is 1. The average Bonchev–Trinajstić information content (AvgIpc) is 2.97. The number of rotatable bonds is 3. The number of fused-ring (bicyclic) bond motifs is 1. The Labute approximate surface area is 113 Å². The smallest absolute Gasteiger partial charge is 0.148 e. The zero-order valence-electron chi connectivity index (χ0n) is 9.60. The van der Waals surface area contributed by atoms with Gasteiger partial charge in [0.25, 0.3) is 0 Å². The van der Waals surface area contributed by atoms with Gasteiger partial charge in [-0.2, -0.15) is 0 Å². The second-order valence-corrected chi connectivity index (χ2v) is 5.10. The highest BCUT2D eigenvalue weighted by Gasteiger charge is 2.14. The van der Waals surface area contributed by atoms with E-state index >= 15 is 0 Å². The molecule has 3 aromatic rings. The third-order valence-electron chi connectivity index (χ3n) is 2.92. The molecule has 1 unspecified atom stereocenters. The van der Waals surface area contributed by atoms with Crippen LogP contribution in [0.1, 0.15) is 17.4 Å². The maximum atomic E-state index is 6.15. The van der Waals surface area contributed by atoms with Gasteiger partial charge >= 0.3 is 0 Å². The fraction of sp³-hybridized carbons (Fsp3) is 0.143. The molecule has 0 aliphatic carbocycles. The standard InChI is InChI=1S/C14H12BrNO2/c15-11-3-1-2-10-7-13(18-14(10)11)12(16)6-9-4-5-17-8-9/h1-5,7-8,12H,6,16H2. The summed E-state index contributed by atoms with van der Waals surface area (Å²) in [5, 5.41) is 1.06. The predicted octanol–water partition coefficient (Wildman–Crippen LogP) is 4.03. The summed E-state index contributed by atoms with van der Waals surface area (Å²) >= 11 is 3.47. The minimum absolute atomic E-state index is 0.165. The van der Waals surface area contributed by atoms with Crippen LogP contribution in [0.3, 0.4) is 0 Å². The van der Waals surface area contributed by atoms with E-state index in [2.05, 4.69) is 15.9 Å². The molecule has 0 amide bonds. The van der Waals surface area contributed by atoms with Gasteiger partial charge in [0.15, 0.2) is 0 Å². The van der Waals surface area contributed by atoms with Gasteiger partial charge in [0.2, 0.25) is 0 Å². The molecule has 0 saturated carbocycles. The van der Waals surface area contributed by atoms with E-state index in [0.717, 1.165) is 26.8 Å². The molecule has 0 saturated heterocycles. The molecule has 3 nitrogen and oxygen atoms in total. The van der Waals surface area contributed by atoms with Crippen LogP contribution in [0.15, 0.2) is 56.2 Å². The lowest BCUT2D eigenvalue weighted by atomic mass is 10.1. The third-order valence-corrected chi connectivity index (χ3v) is 3.54. The van der Waals surface area contributed by atoms with Gasteiger partial charge in [-0.3, -0.25) is 0 Å². The molecule has 92 valence electrons. The summed E-state index contributed by atoms with van der Waals surface area (Å²) in [5.74, 6) is 0.790. The van der Waals surface area contributed by atoms with Gasteiger partial charge in [-0.1, -0.05) is 12.1 Å². The molecule has 3 rings (SSSR count). The van der Waals surface area contributed by atoms with Crippen LogP contribution in [0, 0.1) is 0 Å². The lowest BCUT2D eigenvalue weighted by molar-refractivity contribution is 0.490. The second-order valence-electron chi connectivity index (χ2n) is 4.25. The van der Waals surface area contributed by atoms with Crippen LogP contribution >= 0.6 is 15.9 Å². The minimum Gasteiger partial charge on any atom is -0.472 e. The normalized spacial score (nSPS) is 13.0. The summed E-state index contributed by atoms with van der Waals surface area (Å²) in [7, 11) is 0. The van der Waals surface area contributed by atoms with Crippen LogP contribution in [0.4, 0.5) is 0 Å². The molecule has 1 atom stereocenters. The van der Waals surface area contributed by atoms with Crippen molar-refractivity contribution in [3.05, 3.63) is 58.7 Å². The van der Waals surface area contributed by atoms with Crippen LogP contribution in [0.2, 0.25) is 0 Å². The number of furan rings is 2. The lowest BCUT2D eigenvalue weighted by Gasteiger charge is -2.05. The highest BCUT2D eigenvalue weighted by molar-refractivity contribution is 9.10. The summed E-state index contributed by atoms with van der Waals surface area (Å²) < 4.78 is 11.8. The highest BCUT2D eigenvalue weighted by atomic mass is 79.9. The Bertz CT molecular complexity index is 658. The summed E-state index contributed by atoms with van der Waals surface area (Å²) in [6.07, 6.45) is 4.06. The summed E-state index contributed by atoms with van der Waals surface area (Å²) in [6.45, 7) is 0. The Morgan fingerprint density at radius 1 is 1.28 bits per heavy atom. The molecule has 0 aliphatic heterocycles. The second kappa shape index (κ2) is 4.63. The first kappa shape index (κ1) is 11.6. The number of hydrogen-bond acceptors (Lipinski definition) is 3. The van der Waals surface area contributed by atoms with E-state index in [1.165, 1.54) is 0 Å². The number of benzene rings is 1. The predicted molar refractivity (Wildman–Crippen MR) is 73.3 cm³/mol. The lowest BCUT2D eigenvalue weighted by Crippen LogP contribution is -2.11. The van der Waals surface area contributed by atoms with Gasteiger partial charge in [-0.25, -0.2) is 0 Å². The molecule has 0 spiro atoms. The quantitative estimate of drug-likeness (QED) is 0.795. The fourth-order valence-corrected chi connectivity index (χ4v) is 2.46. The molecule has 4 heteroatoms. The Morgan fingerprint density at radius 3 is 2.89 bits per heavy atom. The van der Waals surface area contributed by atoms with E-state index in [9.17, 15) is 0 Å².